The highest BCUT2D eigenvalue weighted by Gasteiger charge is 2.46. The quantitative estimate of drug-likeness (QED) is 0.580. The molecule has 4 N–H and O–H groups in total. The van der Waals surface area contributed by atoms with E-state index in [0.29, 0.717) is 19.3 Å². The summed E-state index contributed by atoms with van der Waals surface area (Å²) >= 11 is 0. The average Bonchev–Trinajstić information content (AvgIpc) is 2.72. The Balaban J connectivity index is 2.12. The van der Waals surface area contributed by atoms with Gasteiger partial charge in [-0.15, -0.1) is 0 Å². The molecule has 6 nitrogen and oxygen atoms in total. The van der Waals surface area contributed by atoms with Gasteiger partial charge in [0.2, 0.25) is 17.7 Å². The van der Waals surface area contributed by atoms with Gasteiger partial charge in [-0.05, 0) is 19.3 Å². The van der Waals surface area contributed by atoms with E-state index in [-0.39, 0.29) is 30.7 Å². The summed E-state index contributed by atoms with van der Waals surface area (Å²) in [4.78, 5) is 35.4. The zero-order valence-electron chi connectivity index (χ0n) is 8.94. The summed E-state index contributed by atoms with van der Waals surface area (Å²) < 4.78 is 0. The van der Waals surface area contributed by atoms with Crippen LogP contribution in [0.2, 0.25) is 0 Å². The van der Waals surface area contributed by atoms with Gasteiger partial charge in [0.1, 0.15) is 0 Å². The number of carbonyl (C=O) groups excluding carboxylic acids is 3. The Bertz CT molecular complexity index is 352. The minimum absolute atomic E-state index is 0.163. The summed E-state index contributed by atoms with van der Waals surface area (Å²) in [6, 6.07) is -0.250. The van der Waals surface area contributed by atoms with E-state index < -0.39 is 11.4 Å². The Hall–Kier alpha value is -1.43. The average molecular weight is 225 g/mol. The Morgan fingerprint density at radius 3 is 2.31 bits per heavy atom. The van der Waals surface area contributed by atoms with Gasteiger partial charge in [0.25, 0.3) is 0 Å². The lowest BCUT2D eigenvalue weighted by Gasteiger charge is -2.24. The first kappa shape index (κ1) is 11.1. The first-order chi connectivity index (χ1) is 7.44. The van der Waals surface area contributed by atoms with E-state index >= 15 is 0 Å². The van der Waals surface area contributed by atoms with Gasteiger partial charge in [-0.1, -0.05) is 0 Å². The highest BCUT2D eigenvalue weighted by Crippen LogP contribution is 2.33. The first-order valence-electron chi connectivity index (χ1n) is 5.38. The van der Waals surface area contributed by atoms with Crippen LogP contribution in [0.1, 0.15) is 32.1 Å². The molecule has 0 aromatic heterocycles. The molecule has 1 saturated carbocycles. The SMILES string of the molecule is NC(=O)C1(N)CCC(N2C(=O)CCC2=O)C1. The maximum absolute atomic E-state index is 11.5. The minimum Gasteiger partial charge on any atom is -0.368 e. The third-order valence-electron chi connectivity index (χ3n) is 3.47. The topological polar surface area (TPSA) is 106 Å². The molecule has 2 atom stereocenters. The highest BCUT2D eigenvalue weighted by molar-refractivity contribution is 6.02. The summed E-state index contributed by atoms with van der Waals surface area (Å²) in [7, 11) is 0. The number of amides is 3. The van der Waals surface area contributed by atoms with E-state index in [1.54, 1.807) is 0 Å². The Morgan fingerprint density at radius 2 is 1.88 bits per heavy atom. The van der Waals surface area contributed by atoms with Crippen molar-refractivity contribution < 1.29 is 14.4 Å². The molecule has 6 heteroatoms. The van der Waals surface area contributed by atoms with E-state index in [1.807, 2.05) is 0 Å². The normalized spacial score (nSPS) is 34.8. The molecule has 3 amide bonds. The number of nitrogens with two attached hydrogens (primary N) is 2. The smallest absolute Gasteiger partial charge is 0.237 e. The van der Waals surface area contributed by atoms with Crippen molar-refractivity contribution in [2.45, 2.75) is 43.7 Å². The zero-order valence-corrected chi connectivity index (χ0v) is 8.94. The fourth-order valence-electron chi connectivity index (χ4n) is 2.49. The van der Waals surface area contributed by atoms with Gasteiger partial charge >= 0.3 is 0 Å². The number of likely N-dealkylation sites (tertiary alicyclic amines) is 1. The van der Waals surface area contributed by atoms with Crippen molar-refractivity contribution in [1.29, 1.82) is 0 Å². The van der Waals surface area contributed by atoms with Gasteiger partial charge in [-0.3, -0.25) is 19.3 Å². The molecule has 1 heterocycles. The van der Waals surface area contributed by atoms with Crippen LogP contribution < -0.4 is 11.5 Å². The molecule has 0 aromatic rings. The molecule has 1 aliphatic heterocycles. The second kappa shape index (κ2) is 3.55. The van der Waals surface area contributed by atoms with Crippen LogP contribution in [-0.4, -0.2) is 34.2 Å². The van der Waals surface area contributed by atoms with Crippen LogP contribution >= 0.6 is 0 Å². The van der Waals surface area contributed by atoms with Crippen molar-refractivity contribution in [3.63, 3.8) is 0 Å². The summed E-state index contributed by atoms with van der Waals surface area (Å²) in [6.45, 7) is 0. The number of nitrogens with zero attached hydrogens (tertiary/aromatic N) is 1. The first-order valence-corrected chi connectivity index (χ1v) is 5.38. The van der Waals surface area contributed by atoms with Crippen molar-refractivity contribution in [2.75, 3.05) is 0 Å². The molecule has 1 aliphatic carbocycles. The van der Waals surface area contributed by atoms with Gasteiger partial charge in [0.05, 0.1) is 5.54 Å². The second-order valence-electron chi connectivity index (χ2n) is 4.57. The maximum Gasteiger partial charge on any atom is 0.237 e. The van der Waals surface area contributed by atoms with E-state index in [0.717, 1.165) is 0 Å². The number of hydrogen-bond acceptors (Lipinski definition) is 4. The fourth-order valence-corrected chi connectivity index (χ4v) is 2.49. The summed E-state index contributed by atoms with van der Waals surface area (Å²) in [5.41, 5.74) is 9.98. The van der Waals surface area contributed by atoms with Crippen LogP contribution in [0.3, 0.4) is 0 Å². The largest absolute Gasteiger partial charge is 0.368 e. The third-order valence-corrected chi connectivity index (χ3v) is 3.47. The molecule has 2 aliphatic rings. The summed E-state index contributed by atoms with van der Waals surface area (Å²) in [5, 5.41) is 0. The molecule has 0 spiro atoms. The molecule has 16 heavy (non-hydrogen) atoms. The van der Waals surface area contributed by atoms with Crippen molar-refractivity contribution in [3.05, 3.63) is 0 Å². The fraction of sp³-hybridized carbons (Fsp3) is 0.700. The maximum atomic E-state index is 11.5. The molecule has 0 bridgehead atoms. The van der Waals surface area contributed by atoms with E-state index in [9.17, 15) is 14.4 Å². The lowest BCUT2D eigenvalue weighted by atomic mass is 9.98. The van der Waals surface area contributed by atoms with Crippen LogP contribution in [0.25, 0.3) is 0 Å². The Labute approximate surface area is 92.9 Å². The standard InChI is InChI=1S/C10H15N3O3/c11-9(16)10(12)4-3-6(5-10)13-7(14)1-2-8(13)15/h6H,1-5,12H2,(H2,11,16). The molecular formula is C10H15N3O3. The van der Waals surface area contributed by atoms with E-state index in [1.165, 1.54) is 4.90 Å². The molecule has 2 rings (SSSR count). The van der Waals surface area contributed by atoms with Crippen LogP contribution in [0, 0.1) is 0 Å². The summed E-state index contributed by atoms with van der Waals surface area (Å²) in [6.07, 6.45) is 1.83. The Morgan fingerprint density at radius 1 is 1.31 bits per heavy atom. The van der Waals surface area contributed by atoms with Crippen molar-refractivity contribution in [2.24, 2.45) is 11.5 Å². The van der Waals surface area contributed by atoms with Gasteiger partial charge in [-0.2, -0.15) is 0 Å². The molecular weight excluding hydrogens is 210 g/mol. The Kier molecular flexibility index (Phi) is 2.46. The predicted octanol–water partition coefficient (Wildman–Crippen LogP) is -1.13. The van der Waals surface area contributed by atoms with Crippen molar-refractivity contribution in [3.8, 4) is 0 Å². The van der Waals surface area contributed by atoms with Gasteiger partial charge < -0.3 is 11.5 Å². The monoisotopic (exact) mass is 225 g/mol. The number of carbonyl (C=O) groups is 3. The van der Waals surface area contributed by atoms with E-state index in [4.69, 9.17) is 11.5 Å². The lowest BCUT2D eigenvalue weighted by Crippen LogP contribution is -2.51. The molecule has 2 fully saturated rings. The van der Waals surface area contributed by atoms with Crippen LogP contribution in [-0.2, 0) is 14.4 Å². The number of imide groups is 1. The summed E-state index contributed by atoms with van der Waals surface area (Å²) in [5.74, 6) is -0.887. The predicted molar refractivity (Wildman–Crippen MR) is 54.8 cm³/mol. The van der Waals surface area contributed by atoms with Crippen LogP contribution in [0.4, 0.5) is 0 Å². The number of hydrogen-bond donors (Lipinski definition) is 2. The molecule has 1 saturated heterocycles. The third kappa shape index (κ3) is 1.59. The van der Waals surface area contributed by atoms with Crippen molar-refractivity contribution in [1.82, 2.24) is 4.90 Å². The molecule has 2 unspecified atom stereocenters. The number of primary amides is 1. The molecule has 88 valence electrons. The number of rotatable bonds is 2. The van der Waals surface area contributed by atoms with E-state index in [2.05, 4.69) is 0 Å². The van der Waals surface area contributed by atoms with Crippen LogP contribution in [0.5, 0.6) is 0 Å². The van der Waals surface area contributed by atoms with Crippen LogP contribution in [0.15, 0.2) is 0 Å². The zero-order chi connectivity index (χ0) is 11.9. The molecule has 0 aromatic carbocycles. The molecule has 0 radical (unpaired) electrons. The van der Waals surface area contributed by atoms with Gasteiger partial charge in [0.15, 0.2) is 0 Å². The minimum atomic E-state index is -1.06. The van der Waals surface area contributed by atoms with Gasteiger partial charge in [0, 0.05) is 18.9 Å². The lowest BCUT2D eigenvalue weighted by molar-refractivity contribution is -0.141. The van der Waals surface area contributed by atoms with Gasteiger partial charge in [-0.25, -0.2) is 0 Å². The highest BCUT2D eigenvalue weighted by atomic mass is 16.2. The van der Waals surface area contributed by atoms with Crippen molar-refractivity contribution >= 4 is 17.7 Å². The second-order valence-corrected chi connectivity index (χ2v) is 4.57.